The molecule has 1 fully saturated rings. The Morgan fingerprint density at radius 3 is 1.88 bits per heavy atom. The Labute approximate surface area is 103 Å². The maximum Gasteiger partial charge on any atom is 0.0161 e. The maximum atomic E-state index is 2.80. The summed E-state index contributed by atoms with van der Waals surface area (Å²) >= 11 is 0. The van der Waals surface area contributed by atoms with Gasteiger partial charge in [-0.3, -0.25) is 4.90 Å². The molecule has 1 atom stereocenters. The molecule has 1 aliphatic rings. The van der Waals surface area contributed by atoms with Gasteiger partial charge in [0.05, 0.1) is 0 Å². The Hall–Kier alpha value is -0.0400. The third-order valence-electron chi connectivity index (χ3n) is 3.95. The lowest BCUT2D eigenvalue weighted by Gasteiger charge is -2.45. The van der Waals surface area contributed by atoms with Crippen LogP contribution in [0.3, 0.4) is 0 Å². The highest BCUT2D eigenvalue weighted by molar-refractivity contribution is 4.97. The Bertz CT molecular complexity index is 213. The zero-order valence-corrected chi connectivity index (χ0v) is 12.4. The average molecular weight is 225 g/mol. The lowest BCUT2D eigenvalue weighted by molar-refractivity contribution is 0.0311. The highest BCUT2D eigenvalue weighted by Gasteiger charge is 2.41. The van der Waals surface area contributed by atoms with Gasteiger partial charge in [0, 0.05) is 17.6 Å². The largest absolute Gasteiger partial charge is 0.292 e. The summed E-state index contributed by atoms with van der Waals surface area (Å²) in [6.07, 6.45) is 4.14. The van der Waals surface area contributed by atoms with Gasteiger partial charge >= 0.3 is 0 Å². The quantitative estimate of drug-likeness (QED) is 0.651. The molecule has 0 N–H and O–H groups in total. The minimum atomic E-state index is 0.360. The topological polar surface area (TPSA) is 3.24 Å². The summed E-state index contributed by atoms with van der Waals surface area (Å²) in [6.45, 7) is 16.7. The van der Waals surface area contributed by atoms with E-state index in [1.165, 1.54) is 19.3 Å². The number of rotatable bonds is 6. The highest BCUT2D eigenvalue weighted by atomic mass is 15.3. The van der Waals surface area contributed by atoms with Gasteiger partial charge in [-0.25, -0.2) is 0 Å². The zero-order valence-electron chi connectivity index (χ0n) is 12.4. The van der Waals surface area contributed by atoms with E-state index < -0.39 is 0 Å². The van der Waals surface area contributed by atoms with Crippen LogP contribution in [0.25, 0.3) is 0 Å². The summed E-state index contributed by atoms with van der Waals surface area (Å²) in [4.78, 5) is 2.80. The Kier molecular flexibility index (Phi) is 4.45. The smallest absolute Gasteiger partial charge is 0.0161 e. The summed E-state index contributed by atoms with van der Waals surface area (Å²) in [5, 5.41) is 0. The van der Waals surface area contributed by atoms with E-state index in [4.69, 9.17) is 0 Å². The van der Waals surface area contributed by atoms with E-state index in [1.807, 2.05) is 0 Å². The Morgan fingerprint density at radius 2 is 1.56 bits per heavy atom. The fourth-order valence-electron chi connectivity index (χ4n) is 3.16. The first kappa shape index (κ1) is 14.0. The lowest BCUT2D eigenvalue weighted by atomic mass is 9.87. The van der Waals surface area contributed by atoms with Crippen molar-refractivity contribution in [2.24, 2.45) is 11.8 Å². The van der Waals surface area contributed by atoms with E-state index in [9.17, 15) is 0 Å². The summed E-state index contributed by atoms with van der Waals surface area (Å²) in [5.41, 5.74) is 0.360. The standard InChI is InChI=1S/C15H31N/c1-11(2)10-15(6,7)16(14-8-9-14)13(5)12(3)4/h11-14H,8-10H2,1-7H3/t13-/m0/s1. The first-order chi connectivity index (χ1) is 7.25. The molecular weight excluding hydrogens is 194 g/mol. The van der Waals surface area contributed by atoms with Crippen LogP contribution in [0.1, 0.15) is 67.7 Å². The maximum absolute atomic E-state index is 2.80. The number of hydrogen-bond donors (Lipinski definition) is 0. The van der Waals surface area contributed by atoms with E-state index in [2.05, 4.69) is 53.4 Å². The fourth-order valence-corrected chi connectivity index (χ4v) is 3.16. The summed E-state index contributed by atoms with van der Waals surface area (Å²) in [6, 6.07) is 1.58. The van der Waals surface area contributed by atoms with Crippen LogP contribution in [0.5, 0.6) is 0 Å². The van der Waals surface area contributed by atoms with E-state index in [0.717, 1.165) is 17.9 Å². The first-order valence-electron chi connectivity index (χ1n) is 7.04. The molecule has 96 valence electrons. The molecule has 0 aliphatic heterocycles. The van der Waals surface area contributed by atoms with Gasteiger partial charge in [0.15, 0.2) is 0 Å². The summed E-state index contributed by atoms with van der Waals surface area (Å²) in [5.74, 6) is 1.54. The van der Waals surface area contributed by atoms with Crippen LogP contribution < -0.4 is 0 Å². The minimum absolute atomic E-state index is 0.360. The molecule has 1 saturated carbocycles. The van der Waals surface area contributed by atoms with Crippen molar-refractivity contribution in [3.8, 4) is 0 Å². The van der Waals surface area contributed by atoms with Gasteiger partial charge < -0.3 is 0 Å². The van der Waals surface area contributed by atoms with Crippen LogP contribution in [0.15, 0.2) is 0 Å². The van der Waals surface area contributed by atoms with E-state index in [0.29, 0.717) is 11.6 Å². The highest BCUT2D eigenvalue weighted by Crippen LogP contribution is 2.38. The first-order valence-corrected chi connectivity index (χ1v) is 7.04. The second-order valence-corrected chi connectivity index (χ2v) is 7.03. The predicted octanol–water partition coefficient (Wildman–Crippen LogP) is 4.32. The van der Waals surface area contributed by atoms with Crippen molar-refractivity contribution in [1.82, 2.24) is 4.90 Å². The van der Waals surface area contributed by atoms with E-state index in [1.54, 1.807) is 0 Å². The average Bonchev–Trinajstić information content (AvgIpc) is 2.84. The van der Waals surface area contributed by atoms with Crippen LogP contribution in [-0.2, 0) is 0 Å². The second-order valence-electron chi connectivity index (χ2n) is 7.03. The summed E-state index contributed by atoms with van der Waals surface area (Å²) < 4.78 is 0. The third kappa shape index (κ3) is 3.48. The van der Waals surface area contributed by atoms with Crippen molar-refractivity contribution in [3.05, 3.63) is 0 Å². The van der Waals surface area contributed by atoms with Gasteiger partial charge in [-0.15, -0.1) is 0 Å². The van der Waals surface area contributed by atoms with Gasteiger partial charge in [0.2, 0.25) is 0 Å². The molecule has 0 heterocycles. The SMILES string of the molecule is CC(C)CC(C)(C)N(C1CC1)[C@@H](C)C(C)C. The van der Waals surface area contributed by atoms with Crippen LogP contribution >= 0.6 is 0 Å². The van der Waals surface area contributed by atoms with Crippen molar-refractivity contribution in [1.29, 1.82) is 0 Å². The molecule has 1 nitrogen and oxygen atoms in total. The molecule has 0 aromatic heterocycles. The molecule has 0 radical (unpaired) electrons. The molecule has 0 unspecified atom stereocenters. The second kappa shape index (κ2) is 5.08. The monoisotopic (exact) mass is 225 g/mol. The van der Waals surface area contributed by atoms with Gasteiger partial charge in [0.25, 0.3) is 0 Å². The van der Waals surface area contributed by atoms with Gasteiger partial charge in [0.1, 0.15) is 0 Å². The summed E-state index contributed by atoms with van der Waals surface area (Å²) in [7, 11) is 0. The van der Waals surface area contributed by atoms with E-state index in [-0.39, 0.29) is 0 Å². The van der Waals surface area contributed by atoms with Gasteiger partial charge in [-0.1, -0.05) is 27.7 Å². The van der Waals surface area contributed by atoms with Crippen molar-refractivity contribution < 1.29 is 0 Å². The molecule has 0 amide bonds. The Balaban J connectivity index is 2.75. The normalized spacial score (nSPS) is 19.9. The fraction of sp³-hybridized carbons (Fsp3) is 1.00. The lowest BCUT2D eigenvalue weighted by Crippen LogP contribution is -2.52. The Morgan fingerprint density at radius 1 is 1.06 bits per heavy atom. The van der Waals surface area contributed by atoms with Crippen LogP contribution in [0.2, 0.25) is 0 Å². The predicted molar refractivity (Wildman–Crippen MR) is 72.7 cm³/mol. The molecule has 0 aromatic carbocycles. The molecule has 0 spiro atoms. The van der Waals surface area contributed by atoms with Crippen molar-refractivity contribution in [3.63, 3.8) is 0 Å². The van der Waals surface area contributed by atoms with Crippen LogP contribution in [-0.4, -0.2) is 22.5 Å². The zero-order chi connectivity index (χ0) is 12.5. The number of nitrogens with zero attached hydrogens (tertiary/aromatic N) is 1. The molecule has 1 heteroatoms. The van der Waals surface area contributed by atoms with Gasteiger partial charge in [-0.2, -0.15) is 0 Å². The third-order valence-corrected chi connectivity index (χ3v) is 3.95. The van der Waals surface area contributed by atoms with Crippen LogP contribution in [0.4, 0.5) is 0 Å². The molecule has 0 saturated heterocycles. The van der Waals surface area contributed by atoms with Gasteiger partial charge in [-0.05, 0) is 51.9 Å². The van der Waals surface area contributed by atoms with E-state index >= 15 is 0 Å². The molecule has 0 aromatic rings. The van der Waals surface area contributed by atoms with Crippen molar-refractivity contribution in [2.45, 2.75) is 85.4 Å². The minimum Gasteiger partial charge on any atom is -0.292 e. The van der Waals surface area contributed by atoms with Crippen molar-refractivity contribution >= 4 is 0 Å². The van der Waals surface area contributed by atoms with Crippen molar-refractivity contribution in [2.75, 3.05) is 0 Å². The molecular formula is C15H31N. The molecule has 0 bridgehead atoms. The van der Waals surface area contributed by atoms with Crippen LogP contribution in [0, 0.1) is 11.8 Å². The molecule has 1 rings (SSSR count). The molecule has 1 aliphatic carbocycles. The molecule has 16 heavy (non-hydrogen) atoms. The number of hydrogen-bond acceptors (Lipinski definition) is 1.